The lowest BCUT2D eigenvalue weighted by atomic mass is 9.59. The SMILES string of the molecule is CCC1(C)CCC1C(=O)Nn1ncc2c1NC1=C(C(=O)CC(C)(C)C1)C2/C=C/c1ccc(-c2cccc(F)c2)cn1. The molecule has 7 nitrogen and oxygen atoms in total. The van der Waals surface area contributed by atoms with Crippen molar-refractivity contribution in [3.05, 3.63) is 83.2 Å². The number of nitrogens with zero attached hydrogens (tertiary/aromatic N) is 3. The molecule has 6 rings (SSSR count). The molecule has 8 heteroatoms. The van der Waals surface area contributed by atoms with Gasteiger partial charge in [0.25, 0.3) is 0 Å². The summed E-state index contributed by atoms with van der Waals surface area (Å²) in [6.45, 7) is 8.50. The Morgan fingerprint density at radius 3 is 2.68 bits per heavy atom. The van der Waals surface area contributed by atoms with Crippen LogP contribution in [-0.2, 0) is 9.59 Å². The van der Waals surface area contributed by atoms with Gasteiger partial charge in [-0.25, -0.2) is 9.82 Å². The highest BCUT2D eigenvalue weighted by Gasteiger charge is 2.46. The van der Waals surface area contributed by atoms with Crippen LogP contribution in [0.4, 0.5) is 10.2 Å². The molecule has 0 radical (unpaired) electrons. The summed E-state index contributed by atoms with van der Waals surface area (Å²) < 4.78 is 13.7. The van der Waals surface area contributed by atoms with Crippen LogP contribution in [0, 0.1) is 22.6 Å². The van der Waals surface area contributed by atoms with Crippen molar-refractivity contribution in [2.75, 3.05) is 10.7 Å². The fourth-order valence-electron chi connectivity index (χ4n) is 6.48. The van der Waals surface area contributed by atoms with Crippen LogP contribution >= 0.6 is 0 Å². The van der Waals surface area contributed by atoms with Gasteiger partial charge >= 0.3 is 0 Å². The Balaban J connectivity index is 1.31. The van der Waals surface area contributed by atoms with Crippen LogP contribution in [0.2, 0.25) is 0 Å². The molecule has 1 fully saturated rings. The minimum Gasteiger partial charge on any atom is -0.342 e. The molecule has 3 heterocycles. The van der Waals surface area contributed by atoms with Crippen molar-refractivity contribution in [2.45, 2.75) is 65.7 Å². The molecule has 0 spiro atoms. The topological polar surface area (TPSA) is 88.9 Å². The molecule has 0 bridgehead atoms. The lowest BCUT2D eigenvalue weighted by Gasteiger charge is -2.45. The molecule has 1 aromatic carbocycles. The smallest absolute Gasteiger partial charge is 0.243 e. The maximum absolute atomic E-state index is 13.7. The molecule has 41 heavy (non-hydrogen) atoms. The predicted molar refractivity (Wildman–Crippen MR) is 158 cm³/mol. The average molecular weight is 554 g/mol. The van der Waals surface area contributed by atoms with Crippen LogP contribution in [0.15, 0.2) is 66.1 Å². The fourth-order valence-corrected chi connectivity index (χ4v) is 6.48. The first kappa shape index (κ1) is 27.1. The highest BCUT2D eigenvalue weighted by Crippen LogP contribution is 2.50. The number of allylic oxidation sites excluding steroid dienone is 3. The van der Waals surface area contributed by atoms with Crippen molar-refractivity contribution in [3.8, 4) is 11.1 Å². The van der Waals surface area contributed by atoms with Gasteiger partial charge in [0.05, 0.1) is 11.9 Å². The van der Waals surface area contributed by atoms with Gasteiger partial charge in [0, 0.05) is 46.9 Å². The summed E-state index contributed by atoms with van der Waals surface area (Å²) in [6, 6.07) is 10.2. The van der Waals surface area contributed by atoms with Gasteiger partial charge in [-0.1, -0.05) is 52.0 Å². The third-order valence-electron chi connectivity index (χ3n) is 9.22. The molecular weight excluding hydrogens is 517 g/mol. The first-order chi connectivity index (χ1) is 19.6. The molecule has 1 saturated carbocycles. The number of benzene rings is 1. The summed E-state index contributed by atoms with van der Waals surface area (Å²) in [6.07, 6.45) is 11.4. The maximum atomic E-state index is 13.7. The zero-order valence-corrected chi connectivity index (χ0v) is 24.0. The van der Waals surface area contributed by atoms with Gasteiger partial charge in [0.15, 0.2) is 11.6 Å². The van der Waals surface area contributed by atoms with E-state index in [0.29, 0.717) is 18.7 Å². The summed E-state index contributed by atoms with van der Waals surface area (Å²) >= 11 is 0. The highest BCUT2D eigenvalue weighted by atomic mass is 19.1. The van der Waals surface area contributed by atoms with E-state index in [1.807, 2.05) is 30.4 Å². The van der Waals surface area contributed by atoms with Crippen LogP contribution < -0.4 is 10.7 Å². The fraction of sp³-hybridized carbons (Fsp3) is 0.394. The summed E-state index contributed by atoms with van der Waals surface area (Å²) in [5.41, 5.74) is 7.62. The van der Waals surface area contributed by atoms with Crippen LogP contribution in [0.5, 0.6) is 0 Å². The Labute approximate surface area is 239 Å². The molecule has 1 aliphatic heterocycles. The van der Waals surface area contributed by atoms with Crippen molar-refractivity contribution in [3.63, 3.8) is 0 Å². The Morgan fingerprint density at radius 2 is 2.00 bits per heavy atom. The van der Waals surface area contributed by atoms with Crippen molar-refractivity contribution in [1.29, 1.82) is 0 Å². The third-order valence-corrected chi connectivity index (χ3v) is 9.22. The number of nitrogens with one attached hydrogen (secondary N) is 2. The highest BCUT2D eigenvalue weighted by molar-refractivity contribution is 6.01. The number of aromatic nitrogens is 3. The van der Waals surface area contributed by atoms with E-state index in [4.69, 9.17) is 0 Å². The Morgan fingerprint density at radius 1 is 1.17 bits per heavy atom. The van der Waals surface area contributed by atoms with Crippen LogP contribution in [-0.4, -0.2) is 26.6 Å². The van der Waals surface area contributed by atoms with Gasteiger partial charge < -0.3 is 5.32 Å². The molecule has 3 aromatic rings. The molecule has 3 unspecified atom stereocenters. The second kappa shape index (κ2) is 10.1. The van der Waals surface area contributed by atoms with Gasteiger partial charge in [-0.2, -0.15) is 9.89 Å². The molecule has 2 N–H and O–H groups in total. The van der Waals surface area contributed by atoms with Gasteiger partial charge in [0.1, 0.15) is 5.82 Å². The minimum atomic E-state index is -0.329. The number of fused-ring (bicyclic) bond motifs is 1. The summed E-state index contributed by atoms with van der Waals surface area (Å²) in [5.74, 6) is 0.111. The first-order valence-electron chi connectivity index (χ1n) is 14.4. The van der Waals surface area contributed by atoms with E-state index in [1.165, 1.54) is 16.9 Å². The molecule has 212 valence electrons. The van der Waals surface area contributed by atoms with Gasteiger partial charge in [-0.05, 0) is 66.4 Å². The molecule has 3 atom stereocenters. The lowest BCUT2D eigenvalue weighted by molar-refractivity contribution is -0.131. The average Bonchev–Trinajstić information content (AvgIpc) is 3.31. The van der Waals surface area contributed by atoms with Crippen molar-refractivity contribution < 1.29 is 14.0 Å². The zero-order chi connectivity index (χ0) is 28.9. The van der Waals surface area contributed by atoms with E-state index in [2.05, 4.69) is 48.5 Å². The molecule has 2 aromatic heterocycles. The number of carbonyl (C=O) groups is 2. The standard InChI is InChI=1S/C33H36FN5O2/c1-5-33(4)14-13-26(33)31(41)38-39-30-25(19-36-39)24(29-27(37-30)16-32(2,3)17-28(29)40)12-11-23-10-9-21(18-35-23)20-7-6-8-22(34)15-20/h6-12,15,18-19,24,26,37H,5,13-14,16-17H2,1-4H3,(H,38,41)/b12-11+. The number of hydrogen-bond donors (Lipinski definition) is 2. The minimum absolute atomic E-state index is 0.0166. The molecule has 1 amide bonds. The second-order valence-electron chi connectivity index (χ2n) is 12.7. The van der Waals surface area contributed by atoms with E-state index in [-0.39, 0.29) is 40.2 Å². The molecule has 3 aliphatic rings. The predicted octanol–water partition coefficient (Wildman–Crippen LogP) is 6.85. The number of anilines is 1. The summed E-state index contributed by atoms with van der Waals surface area (Å²) in [5, 5.41) is 8.00. The second-order valence-corrected chi connectivity index (χ2v) is 12.7. The normalized spacial score (nSPS) is 24.9. The molecular formula is C33H36FN5O2. The lowest BCUT2D eigenvalue weighted by Crippen LogP contribution is -2.46. The number of amides is 1. The van der Waals surface area contributed by atoms with Crippen molar-refractivity contribution in [2.24, 2.45) is 16.7 Å². The Hall–Kier alpha value is -4.07. The largest absolute Gasteiger partial charge is 0.342 e. The van der Waals surface area contributed by atoms with E-state index in [1.54, 1.807) is 18.5 Å². The Kier molecular flexibility index (Phi) is 6.67. The molecule has 0 saturated heterocycles. The maximum Gasteiger partial charge on any atom is 0.243 e. The molecule has 2 aliphatic carbocycles. The quantitative estimate of drug-likeness (QED) is 0.349. The first-order valence-corrected chi connectivity index (χ1v) is 14.4. The van der Waals surface area contributed by atoms with E-state index in [0.717, 1.165) is 52.9 Å². The number of hydrogen-bond acceptors (Lipinski definition) is 5. The van der Waals surface area contributed by atoms with E-state index in [9.17, 15) is 14.0 Å². The number of ketones is 1. The van der Waals surface area contributed by atoms with Crippen molar-refractivity contribution >= 4 is 23.6 Å². The number of rotatable bonds is 6. The Bertz CT molecular complexity index is 1580. The van der Waals surface area contributed by atoms with Crippen LogP contribution in [0.1, 0.15) is 77.0 Å². The summed E-state index contributed by atoms with van der Waals surface area (Å²) in [4.78, 5) is 32.8. The zero-order valence-electron chi connectivity index (χ0n) is 24.0. The van der Waals surface area contributed by atoms with Gasteiger partial charge in [-0.3, -0.25) is 14.6 Å². The monoisotopic (exact) mass is 553 g/mol. The number of halogens is 1. The van der Waals surface area contributed by atoms with E-state index >= 15 is 0 Å². The third kappa shape index (κ3) is 5.00. The summed E-state index contributed by atoms with van der Waals surface area (Å²) in [7, 11) is 0. The van der Waals surface area contributed by atoms with Crippen LogP contribution in [0.3, 0.4) is 0 Å². The van der Waals surface area contributed by atoms with E-state index < -0.39 is 0 Å². The number of Topliss-reactive ketones (excluding diaryl/α,β-unsaturated/α-hetero) is 1. The van der Waals surface area contributed by atoms with Crippen molar-refractivity contribution in [1.82, 2.24) is 14.9 Å². The number of pyridine rings is 1. The van der Waals surface area contributed by atoms with Gasteiger partial charge in [-0.15, -0.1) is 0 Å². The number of carbonyl (C=O) groups excluding carboxylic acids is 2. The van der Waals surface area contributed by atoms with Crippen LogP contribution in [0.25, 0.3) is 17.2 Å². The van der Waals surface area contributed by atoms with Gasteiger partial charge in [0.2, 0.25) is 5.91 Å².